The summed E-state index contributed by atoms with van der Waals surface area (Å²) in [5, 5.41) is 11.0. The molecule has 0 saturated heterocycles. The summed E-state index contributed by atoms with van der Waals surface area (Å²) in [5.74, 6) is -1.26. The van der Waals surface area contributed by atoms with Gasteiger partial charge in [-0.3, -0.25) is 9.59 Å². The molecule has 0 spiro atoms. The average molecular weight is 385 g/mol. The van der Waals surface area contributed by atoms with Crippen molar-refractivity contribution < 1.29 is 23.8 Å². The lowest BCUT2D eigenvalue weighted by Crippen LogP contribution is -2.24. The molecule has 3 aromatic rings. The highest BCUT2D eigenvalue weighted by molar-refractivity contribution is 5.81. The number of carbonyl (C=O) groups is 1. The summed E-state index contributed by atoms with van der Waals surface area (Å²) in [6.45, 7) is 1.51. The van der Waals surface area contributed by atoms with Crippen molar-refractivity contribution in [1.82, 2.24) is 4.98 Å². The molecular weight excluding hydrogens is 366 g/mol. The van der Waals surface area contributed by atoms with Gasteiger partial charge in [0.05, 0.1) is 26.2 Å². The minimum atomic E-state index is -1.05. The van der Waals surface area contributed by atoms with Crippen LogP contribution in [0.25, 0.3) is 10.9 Å². The van der Waals surface area contributed by atoms with Crippen molar-refractivity contribution in [2.24, 2.45) is 0 Å². The van der Waals surface area contributed by atoms with Crippen LogP contribution in [0.15, 0.2) is 44.3 Å². The van der Waals surface area contributed by atoms with E-state index in [0.717, 1.165) is 0 Å². The molecule has 3 rings (SSSR count). The molecule has 1 aromatic carbocycles. The van der Waals surface area contributed by atoms with Crippen LogP contribution in [0, 0.1) is 6.92 Å². The maximum absolute atomic E-state index is 12.7. The monoisotopic (exact) mass is 385 g/mol. The maximum Gasteiger partial charge on any atom is 0.343 e. The van der Waals surface area contributed by atoms with Crippen LogP contribution in [0.2, 0.25) is 0 Å². The molecule has 8 heteroatoms. The van der Waals surface area contributed by atoms with E-state index in [-0.39, 0.29) is 29.1 Å². The Morgan fingerprint density at radius 3 is 2.61 bits per heavy atom. The molecule has 0 radical (unpaired) electrons. The summed E-state index contributed by atoms with van der Waals surface area (Å²) in [7, 11) is 2.72. The number of pyridine rings is 1. The number of carbonyl (C=O) groups excluding carboxylic acids is 1. The minimum Gasteiger partial charge on any atom is -0.507 e. The fourth-order valence-electron chi connectivity index (χ4n) is 3.13. The van der Waals surface area contributed by atoms with Crippen molar-refractivity contribution in [2.45, 2.75) is 19.3 Å². The van der Waals surface area contributed by atoms with Gasteiger partial charge in [0.2, 0.25) is 0 Å². The molecule has 0 bridgehead atoms. The standard InChI is InChI=1S/C20H19NO7/c1-10-6-16(22)18(20(25)28-10)13(9-17(23)27-3)14-8-11-7-12(26-2)4-5-15(11)21-19(14)24/h4-8,13,22H,9H2,1-3H3,(H,21,24)/t13-/m1/s1. The first-order chi connectivity index (χ1) is 13.3. The molecule has 2 heterocycles. The minimum absolute atomic E-state index is 0.123. The molecule has 1 atom stereocenters. The number of H-pyrrole nitrogens is 1. The first-order valence-electron chi connectivity index (χ1n) is 8.45. The number of aromatic hydroxyl groups is 1. The molecule has 0 aliphatic rings. The van der Waals surface area contributed by atoms with Crippen molar-refractivity contribution in [2.75, 3.05) is 14.2 Å². The van der Waals surface area contributed by atoms with E-state index in [1.54, 1.807) is 24.3 Å². The van der Waals surface area contributed by atoms with Crippen molar-refractivity contribution in [3.05, 3.63) is 68.0 Å². The summed E-state index contributed by atoms with van der Waals surface area (Å²) in [6, 6.07) is 7.92. The molecule has 28 heavy (non-hydrogen) atoms. The van der Waals surface area contributed by atoms with Gasteiger partial charge in [-0.15, -0.1) is 0 Å². The van der Waals surface area contributed by atoms with E-state index in [1.165, 1.54) is 27.2 Å². The highest BCUT2D eigenvalue weighted by Gasteiger charge is 2.28. The third kappa shape index (κ3) is 3.62. The number of nitrogens with one attached hydrogen (secondary N) is 1. The van der Waals surface area contributed by atoms with E-state index in [1.807, 2.05) is 0 Å². The Hall–Kier alpha value is -3.55. The van der Waals surface area contributed by atoms with Crippen LogP contribution < -0.4 is 15.9 Å². The topological polar surface area (TPSA) is 119 Å². The summed E-state index contributed by atoms with van der Waals surface area (Å²) in [5.41, 5.74) is -0.810. The van der Waals surface area contributed by atoms with Crippen LogP contribution in [0.4, 0.5) is 0 Å². The van der Waals surface area contributed by atoms with Gasteiger partial charge >= 0.3 is 11.6 Å². The number of benzene rings is 1. The number of aromatic amines is 1. The van der Waals surface area contributed by atoms with E-state index in [2.05, 4.69) is 4.98 Å². The molecule has 8 nitrogen and oxygen atoms in total. The number of rotatable bonds is 5. The largest absolute Gasteiger partial charge is 0.507 e. The van der Waals surface area contributed by atoms with E-state index >= 15 is 0 Å². The zero-order valence-corrected chi connectivity index (χ0v) is 15.6. The summed E-state index contributed by atoms with van der Waals surface area (Å²) >= 11 is 0. The van der Waals surface area contributed by atoms with Crippen molar-refractivity contribution in [3.8, 4) is 11.5 Å². The zero-order valence-electron chi connectivity index (χ0n) is 15.6. The average Bonchev–Trinajstić information content (AvgIpc) is 2.65. The number of aromatic nitrogens is 1. The van der Waals surface area contributed by atoms with Crippen molar-refractivity contribution in [1.29, 1.82) is 0 Å². The van der Waals surface area contributed by atoms with Gasteiger partial charge in [0.15, 0.2) is 0 Å². The molecule has 146 valence electrons. The lowest BCUT2D eigenvalue weighted by atomic mass is 9.89. The molecule has 2 N–H and O–H groups in total. The Morgan fingerprint density at radius 2 is 1.96 bits per heavy atom. The number of esters is 1. The van der Waals surface area contributed by atoms with E-state index in [0.29, 0.717) is 16.7 Å². The first kappa shape index (κ1) is 19.2. The molecule has 0 saturated carbocycles. The van der Waals surface area contributed by atoms with Gasteiger partial charge in [-0.2, -0.15) is 0 Å². The second kappa shape index (κ2) is 7.59. The van der Waals surface area contributed by atoms with E-state index in [4.69, 9.17) is 13.9 Å². The third-order valence-electron chi connectivity index (χ3n) is 4.49. The Bertz CT molecular complexity index is 1160. The predicted molar refractivity (Wildman–Crippen MR) is 101 cm³/mol. The van der Waals surface area contributed by atoms with E-state index in [9.17, 15) is 19.5 Å². The SMILES string of the molecule is COC(=O)C[C@H](c1cc2cc(OC)ccc2[nH]c1=O)c1c(O)cc(C)oc1=O. The normalized spacial score (nSPS) is 12.0. The number of methoxy groups -OCH3 is 2. The highest BCUT2D eigenvalue weighted by Crippen LogP contribution is 2.32. The molecule has 0 aliphatic heterocycles. The van der Waals surface area contributed by atoms with Crippen LogP contribution in [-0.2, 0) is 9.53 Å². The summed E-state index contributed by atoms with van der Waals surface area (Å²) < 4.78 is 15.0. The number of aryl methyl sites for hydroxylation is 1. The summed E-state index contributed by atoms with van der Waals surface area (Å²) in [6.07, 6.45) is -0.323. The Kier molecular flexibility index (Phi) is 5.21. The zero-order chi connectivity index (χ0) is 20.4. The first-order valence-corrected chi connectivity index (χ1v) is 8.45. The van der Waals surface area contributed by atoms with Crippen molar-refractivity contribution in [3.63, 3.8) is 0 Å². The second-order valence-corrected chi connectivity index (χ2v) is 6.28. The quantitative estimate of drug-likeness (QED) is 0.646. The summed E-state index contributed by atoms with van der Waals surface area (Å²) in [4.78, 5) is 39.8. The fraction of sp³-hybridized carbons (Fsp3) is 0.250. The van der Waals surface area contributed by atoms with Crippen LogP contribution in [0.5, 0.6) is 11.5 Å². The highest BCUT2D eigenvalue weighted by atomic mass is 16.5. The predicted octanol–water partition coefficient (Wildman–Crippen LogP) is 2.20. The number of fused-ring (bicyclic) bond motifs is 1. The lowest BCUT2D eigenvalue weighted by molar-refractivity contribution is -0.140. The number of ether oxygens (including phenoxy) is 2. The third-order valence-corrected chi connectivity index (χ3v) is 4.49. The van der Waals surface area contributed by atoms with Crippen LogP contribution in [-0.4, -0.2) is 30.3 Å². The van der Waals surface area contributed by atoms with Gasteiger partial charge in [-0.1, -0.05) is 0 Å². The van der Waals surface area contributed by atoms with Gasteiger partial charge in [-0.25, -0.2) is 4.79 Å². The van der Waals surface area contributed by atoms with Gasteiger partial charge in [0.1, 0.15) is 17.3 Å². The molecule has 2 aromatic heterocycles. The van der Waals surface area contributed by atoms with Gasteiger partial charge < -0.3 is 24.0 Å². The maximum atomic E-state index is 12.7. The molecule has 0 unspecified atom stereocenters. The van der Waals surface area contributed by atoms with Gasteiger partial charge in [0.25, 0.3) is 5.56 Å². The number of hydrogen-bond donors (Lipinski definition) is 2. The Morgan fingerprint density at radius 1 is 1.21 bits per heavy atom. The Labute approximate surface area is 159 Å². The van der Waals surface area contributed by atoms with Crippen LogP contribution in [0.3, 0.4) is 0 Å². The molecule has 0 amide bonds. The lowest BCUT2D eigenvalue weighted by Gasteiger charge is -2.17. The fourth-order valence-corrected chi connectivity index (χ4v) is 3.13. The molecule has 0 aliphatic carbocycles. The second-order valence-electron chi connectivity index (χ2n) is 6.28. The van der Waals surface area contributed by atoms with E-state index < -0.39 is 23.1 Å². The van der Waals surface area contributed by atoms with Gasteiger partial charge in [0, 0.05) is 28.5 Å². The van der Waals surface area contributed by atoms with Crippen LogP contribution >= 0.6 is 0 Å². The molecular formula is C20H19NO7. The van der Waals surface area contributed by atoms with Crippen LogP contribution in [0.1, 0.15) is 29.2 Å². The van der Waals surface area contributed by atoms with Crippen molar-refractivity contribution >= 4 is 16.9 Å². The Balaban J connectivity index is 2.26. The van der Waals surface area contributed by atoms with Gasteiger partial charge in [-0.05, 0) is 31.2 Å². The smallest absolute Gasteiger partial charge is 0.343 e. The number of hydrogen-bond acceptors (Lipinski definition) is 7. The molecule has 0 fully saturated rings.